The molecular weight excluding hydrogens is 359 g/mol. The zero-order valence-electron chi connectivity index (χ0n) is 1.79. The Morgan fingerprint density at radius 3 is 1.20 bits per heavy atom. The standard InChI is InChI=1S/Cu.Ga.In.S.H2Se.3H/h;;;;1H2;;;. The van der Waals surface area contributed by atoms with E-state index in [1.807, 2.05) is 0 Å². The second-order valence-electron chi connectivity index (χ2n) is 0. The summed E-state index contributed by atoms with van der Waals surface area (Å²) in [5, 5.41) is 0. The Kier molecular flexibility index (Phi) is 147. The Hall–Kier alpha value is 2.77. The summed E-state index contributed by atoms with van der Waals surface area (Å²) in [4.78, 5) is 0. The minimum atomic E-state index is 0. The van der Waals surface area contributed by atoms with Gasteiger partial charge in [0, 0.05) is 17.1 Å². The summed E-state index contributed by atoms with van der Waals surface area (Å²) in [6.07, 6.45) is 0. The van der Waals surface area contributed by atoms with Crippen LogP contribution >= 0.6 is 10.1 Å². The Bertz CT molecular complexity index is 11.6. The van der Waals surface area contributed by atoms with E-state index in [4.69, 9.17) is 0 Å². The van der Waals surface area contributed by atoms with Crippen molar-refractivity contribution < 1.29 is 17.1 Å². The monoisotopic (exact) mass is 364 g/mol. The average Bonchev–Trinajstić information content (AvgIpc) is 1.00. The molecule has 0 fully saturated rings. The van der Waals surface area contributed by atoms with E-state index in [-0.39, 0.29) is 60.0 Å². The molecule has 0 atom stereocenters. The van der Waals surface area contributed by atoms with Crippen LogP contribution in [0.2, 0.25) is 0 Å². The van der Waals surface area contributed by atoms with Crippen LogP contribution in [0.25, 0.3) is 0 Å². The van der Waals surface area contributed by atoms with Gasteiger partial charge < -0.3 is 0 Å². The third-order valence-electron chi connectivity index (χ3n) is 0. The van der Waals surface area contributed by atoms with E-state index in [2.05, 4.69) is 10.1 Å². The second kappa shape index (κ2) is 29.4. The van der Waals surface area contributed by atoms with Gasteiger partial charge in [0.25, 0.3) is 0 Å². The van der Waals surface area contributed by atoms with Crippen molar-refractivity contribution in [3.05, 3.63) is 0 Å². The molecule has 0 aliphatic carbocycles. The van der Waals surface area contributed by atoms with E-state index in [9.17, 15) is 0 Å². The molecule has 0 aromatic rings. The van der Waals surface area contributed by atoms with Crippen molar-refractivity contribution in [2.45, 2.75) is 0 Å². The number of hydrogen-bond acceptors (Lipinski definition) is 1. The molecule has 0 rings (SSSR count). The maximum atomic E-state index is 4.15. The predicted octanol–water partition coefficient (Wildman–Crippen LogP) is -1.84. The normalized spacial score (nSPS) is 0.600. The second-order valence-corrected chi connectivity index (χ2v) is 0. The van der Waals surface area contributed by atoms with Gasteiger partial charge in [-0.25, -0.2) is 0 Å². The molecule has 0 heterocycles. The zero-order chi connectivity index (χ0) is 2.00. The summed E-state index contributed by atoms with van der Waals surface area (Å²) in [5.41, 5.74) is 0. The van der Waals surface area contributed by atoms with Crippen LogP contribution in [0.4, 0.5) is 0 Å². The van der Waals surface area contributed by atoms with E-state index >= 15 is 0 Å². The van der Waals surface area contributed by atoms with Gasteiger partial charge in [0.2, 0.25) is 0 Å². The molecule has 0 N–H and O–H groups in total. The number of hydrogen-bond donors (Lipinski definition) is 0. The third-order valence-corrected chi connectivity index (χ3v) is 0. The quantitative estimate of drug-likeness (QED) is 0.456. The molecule has 0 amide bonds. The molecular formula is H5CuGaInSSe. The van der Waals surface area contributed by atoms with Gasteiger partial charge in [-0.2, -0.15) is 0 Å². The Balaban J connectivity index is -0.00000000167. The minimum absolute atomic E-state index is 0. The molecule has 0 aromatic carbocycles. The van der Waals surface area contributed by atoms with Crippen LogP contribution < -0.4 is 0 Å². The van der Waals surface area contributed by atoms with Crippen molar-refractivity contribution in [2.75, 3.05) is 0 Å². The Labute approximate surface area is 85.4 Å². The van der Waals surface area contributed by atoms with Gasteiger partial charge >= 0.3 is 69.8 Å². The molecule has 2 radical (unpaired) electrons. The van der Waals surface area contributed by atoms with E-state index in [0.29, 0.717) is 0 Å². The molecule has 0 unspecified atom stereocenters. The van der Waals surface area contributed by atoms with Gasteiger partial charge in [0.15, 0.2) is 0 Å². The first-order valence-electron chi connectivity index (χ1n) is 0.236. The van der Waals surface area contributed by atoms with Crippen molar-refractivity contribution in [2.24, 2.45) is 0 Å². The fraction of sp³-hybridized carbons (Fsp3) is 0. The maximum absolute atomic E-state index is 4.15. The molecule has 0 aromatic heterocycles. The first-order valence-corrected chi connectivity index (χ1v) is 3.67. The molecule has 0 saturated carbocycles. The van der Waals surface area contributed by atoms with Gasteiger partial charge in [-0.05, 0) is 0 Å². The fourth-order valence-electron chi connectivity index (χ4n) is 0. The van der Waals surface area contributed by atoms with Crippen molar-refractivity contribution in [3.63, 3.8) is 0 Å². The van der Waals surface area contributed by atoms with E-state index in [0.717, 1.165) is 0 Å². The van der Waals surface area contributed by atoms with Crippen LogP contribution in [0.5, 0.6) is 0 Å². The zero-order valence-corrected chi connectivity index (χ0v) is 8.07. The molecule has 0 spiro atoms. The van der Waals surface area contributed by atoms with Crippen molar-refractivity contribution in [1.82, 2.24) is 0 Å². The van der Waals surface area contributed by atoms with Crippen molar-refractivity contribution in [3.8, 4) is 0 Å². The Morgan fingerprint density at radius 2 is 1.20 bits per heavy atom. The third kappa shape index (κ3) is 20.1. The van der Waals surface area contributed by atoms with E-state index < -0.39 is 0 Å². The van der Waals surface area contributed by atoms with Crippen LogP contribution in [0.15, 0.2) is 0 Å². The van der Waals surface area contributed by atoms with Crippen LogP contribution in [-0.4, -0.2) is 59.8 Å². The topological polar surface area (TPSA) is 0 Å². The summed E-state index contributed by atoms with van der Waals surface area (Å²) in [6.45, 7) is 0. The van der Waals surface area contributed by atoms with Gasteiger partial charge in [-0.15, -0.1) is 0 Å². The van der Waals surface area contributed by atoms with Gasteiger partial charge in [0.1, 0.15) is 0 Å². The predicted molar refractivity (Wildman–Crippen MR) is 31.8 cm³/mol. The SMILES string of the molecule is [Cu].[InH3].[S]=[Ga].[SeH2]. The van der Waals surface area contributed by atoms with Gasteiger partial charge in [-0.1, -0.05) is 0 Å². The van der Waals surface area contributed by atoms with Gasteiger partial charge in [-0.3, -0.25) is 0 Å². The molecule has 34 valence electrons. The average molecular weight is 364 g/mol. The fourth-order valence-corrected chi connectivity index (χ4v) is 0. The molecule has 0 aliphatic heterocycles. The first-order chi connectivity index (χ1) is 1.00. The van der Waals surface area contributed by atoms with Crippen LogP contribution in [0.3, 0.4) is 0 Å². The van der Waals surface area contributed by atoms with Crippen molar-refractivity contribution in [1.29, 1.82) is 0 Å². The van der Waals surface area contributed by atoms with Crippen LogP contribution in [-0.2, 0) is 17.1 Å². The molecule has 0 aliphatic rings. The summed E-state index contributed by atoms with van der Waals surface area (Å²) in [5.74, 6) is 0. The molecule has 5 heavy (non-hydrogen) atoms. The molecule has 5 heteroatoms. The van der Waals surface area contributed by atoms with Crippen LogP contribution in [0.1, 0.15) is 0 Å². The molecule has 0 saturated heterocycles. The van der Waals surface area contributed by atoms with E-state index in [1.54, 1.807) is 0 Å². The van der Waals surface area contributed by atoms with Crippen molar-refractivity contribution >= 4 is 69.8 Å². The Morgan fingerprint density at radius 1 is 1.20 bits per heavy atom. The summed E-state index contributed by atoms with van der Waals surface area (Å²) in [6, 6.07) is 0. The number of rotatable bonds is 0. The molecule has 0 bridgehead atoms. The summed E-state index contributed by atoms with van der Waals surface area (Å²) in [7, 11) is 4.15. The molecule has 0 nitrogen and oxygen atoms in total. The summed E-state index contributed by atoms with van der Waals surface area (Å²) >= 11 is 1.27. The first kappa shape index (κ1) is 25.1. The van der Waals surface area contributed by atoms with E-state index in [1.165, 1.54) is 16.8 Å². The van der Waals surface area contributed by atoms with Gasteiger partial charge in [0.05, 0.1) is 0 Å². The summed E-state index contributed by atoms with van der Waals surface area (Å²) < 4.78 is 0. The van der Waals surface area contributed by atoms with Crippen LogP contribution in [0, 0.1) is 0 Å².